The third-order valence-electron chi connectivity index (χ3n) is 5.98. The molecule has 7 heteroatoms. The highest BCUT2D eigenvalue weighted by Gasteiger charge is 2.38. The van der Waals surface area contributed by atoms with Crippen LogP contribution in [0, 0.1) is 34.7 Å². The predicted octanol–water partition coefficient (Wildman–Crippen LogP) is 7.73. The molecule has 0 spiro atoms. The third kappa shape index (κ3) is 5.48. The number of alkyl halides is 2. The van der Waals surface area contributed by atoms with Crippen molar-refractivity contribution >= 4 is 0 Å². The largest absolute Gasteiger partial charge is 0.429 e. The first kappa shape index (κ1) is 23.8. The van der Waals surface area contributed by atoms with E-state index in [9.17, 15) is 22.0 Å². The van der Waals surface area contributed by atoms with Crippen molar-refractivity contribution in [3.8, 4) is 11.8 Å². The number of rotatable bonds is 7. The predicted molar refractivity (Wildman–Crippen MR) is 111 cm³/mol. The lowest BCUT2D eigenvalue weighted by atomic mass is 9.77. The second-order valence-corrected chi connectivity index (χ2v) is 8.10. The van der Waals surface area contributed by atoms with Gasteiger partial charge in [-0.05, 0) is 75.0 Å². The van der Waals surface area contributed by atoms with Gasteiger partial charge in [0, 0.05) is 12.1 Å². The van der Waals surface area contributed by atoms with E-state index >= 15 is 0 Å². The van der Waals surface area contributed by atoms with Gasteiger partial charge in [0.15, 0.2) is 0 Å². The Morgan fingerprint density at radius 2 is 1.69 bits per heavy atom. The van der Waals surface area contributed by atoms with Crippen molar-refractivity contribution in [2.45, 2.75) is 57.5 Å². The molecule has 0 aliphatic heterocycles. The summed E-state index contributed by atoms with van der Waals surface area (Å²) < 4.78 is 75.5. The summed E-state index contributed by atoms with van der Waals surface area (Å²) in [6.07, 6.45) is 5.95. The van der Waals surface area contributed by atoms with Crippen LogP contribution in [0.1, 0.15) is 68.1 Å². The van der Waals surface area contributed by atoms with Crippen LogP contribution < -0.4 is 4.74 Å². The zero-order valence-corrected chi connectivity index (χ0v) is 17.7. The number of nitrogens with zero attached hydrogens (tertiary/aromatic N) is 1. The first-order valence-corrected chi connectivity index (χ1v) is 10.6. The van der Waals surface area contributed by atoms with Gasteiger partial charge in [0.2, 0.25) is 0 Å². The normalized spacial score (nSPS) is 19.2. The first-order valence-electron chi connectivity index (χ1n) is 10.6. The molecule has 1 saturated carbocycles. The van der Waals surface area contributed by atoms with Gasteiger partial charge < -0.3 is 4.74 Å². The standard InChI is InChI=1S/C25H24F5NO/c1-2-3-4-5-16-6-8-17(9-7-16)18-10-11-21(24(28)12-18)25(29,30)32-19-13-22(26)20(15-31)23(27)14-19/h2-3,10-14,16-17H,4-9H2,1H3/t16-,17-. The van der Waals surface area contributed by atoms with E-state index in [4.69, 9.17) is 5.26 Å². The van der Waals surface area contributed by atoms with Crippen molar-refractivity contribution < 1.29 is 26.7 Å². The van der Waals surface area contributed by atoms with Gasteiger partial charge in [-0.2, -0.15) is 14.0 Å². The lowest BCUT2D eigenvalue weighted by Gasteiger charge is -2.29. The maximum Gasteiger partial charge on any atom is 0.429 e. The molecule has 0 heterocycles. The maximum absolute atomic E-state index is 14.6. The fraction of sp³-hybridized carbons (Fsp3) is 0.400. The van der Waals surface area contributed by atoms with E-state index in [1.165, 1.54) is 12.1 Å². The molecule has 0 unspecified atom stereocenters. The highest BCUT2D eigenvalue weighted by Crippen LogP contribution is 2.40. The third-order valence-corrected chi connectivity index (χ3v) is 5.98. The maximum atomic E-state index is 14.6. The molecule has 0 radical (unpaired) electrons. The van der Waals surface area contributed by atoms with E-state index in [2.05, 4.69) is 10.8 Å². The molecule has 0 amide bonds. The molecule has 0 bridgehead atoms. The number of nitriles is 1. The molecular weight excluding hydrogens is 425 g/mol. The summed E-state index contributed by atoms with van der Waals surface area (Å²) in [4.78, 5) is 0. The van der Waals surface area contributed by atoms with Gasteiger partial charge in [-0.3, -0.25) is 0 Å². The molecule has 0 aromatic heterocycles. The summed E-state index contributed by atoms with van der Waals surface area (Å²) in [5.74, 6) is -3.93. The average molecular weight is 449 g/mol. The van der Waals surface area contributed by atoms with Gasteiger partial charge in [-0.25, -0.2) is 13.2 Å². The summed E-state index contributed by atoms with van der Waals surface area (Å²) in [5.41, 5.74) is -1.27. The van der Waals surface area contributed by atoms with Crippen LogP contribution in [0.5, 0.6) is 5.75 Å². The summed E-state index contributed by atoms with van der Waals surface area (Å²) in [7, 11) is 0. The minimum Gasteiger partial charge on any atom is -0.429 e. The van der Waals surface area contributed by atoms with Crippen LogP contribution in [0.15, 0.2) is 42.5 Å². The fourth-order valence-corrected chi connectivity index (χ4v) is 4.22. The van der Waals surface area contributed by atoms with Gasteiger partial charge in [0.1, 0.15) is 34.8 Å². The molecule has 32 heavy (non-hydrogen) atoms. The topological polar surface area (TPSA) is 33.0 Å². The average Bonchev–Trinajstić information content (AvgIpc) is 2.73. The van der Waals surface area contributed by atoms with Crippen molar-refractivity contribution in [2.24, 2.45) is 5.92 Å². The van der Waals surface area contributed by atoms with Crippen LogP contribution in [0.4, 0.5) is 22.0 Å². The number of benzene rings is 2. The zero-order valence-electron chi connectivity index (χ0n) is 17.7. The van der Waals surface area contributed by atoms with Crippen LogP contribution in [-0.4, -0.2) is 0 Å². The zero-order chi connectivity index (χ0) is 23.3. The molecule has 170 valence electrons. The minimum absolute atomic E-state index is 0.104. The van der Waals surface area contributed by atoms with Gasteiger partial charge in [0.25, 0.3) is 0 Å². The lowest BCUT2D eigenvalue weighted by Crippen LogP contribution is -2.24. The van der Waals surface area contributed by atoms with Crippen molar-refractivity contribution in [3.05, 3.63) is 76.6 Å². The molecule has 3 rings (SSSR count). The van der Waals surface area contributed by atoms with Crippen molar-refractivity contribution in [2.75, 3.05) is 0 Å². The Bertz CT molecular complexity index is 996. The molecule has 0 N–H and O–H groups in total. The highest BCUT2D eigenvalue weighted by molar-refractivity contribution is 5.38. The Morgan fingerprint density at radius 3 is 2.25 bits per heavy atom. The summed E-state index contributed by atoms with van der Waals surface area (Å²) in [5, 5.41) is 8.66. The molecular formula is C25H24F5NO. The van der Waals surface area contributed by atoms with E-state index in [1.807, 2.05) is 13.0 Å². The van der Waals surface area contributed by atoms with E-state index in [0.717, 1.165) is 50.7 Å². The second kappa shape index (κ2) is 10.2. The molecule has 1 aliphatic carbocycles. The van der Waals surface area contributed by atoms with E-state index in [0.29, 0.717) is 23.6 Å². The molecule has 0 atom stereocenters. The molecule has 2 aromatic rings. The van der Waals surface area contributed by atoms with E-state index in [1.54, 1.807) is 0 Å². The molecule has 1 aliphatic rings. The van der Waals surface area contributed by atoms with Crippen molar-refractivity contribution in [1.29, 1.82) is 5.26 Å². The number of hydrogen-bond donors (Lipinski definition) is 0. The number of ether oxygens (including phenoxy) is 1. The molecule has 1 fully saturated rings. The minimum atomic E-state index is -4.15. The fourth-order valence-electron chi connectivity index (χ4n) is 4.22. The highest BCUT2D eigenvalue weighted by atomic mass is 19.3. The Morgan fingerprint density at radius 1 is 1.03 bits per heavy atom. The van der Waals surface area contributed by atoms with Crippen LogP contribution in [0.3, 0.4) is 0 Å². The lowest BCUT2D eigenvalue weighted by molar-refractivity contribution is -0.187. The number of hydrogen-bond acceptors (Lipinski definition) is 2. The summed E-state index contributed by atoms with van der Waals surface area (Å²) in [6.45, 7) is 1.99. The SMILES string of the molecule is CC=CCC[C@H]1CC[C@H](c2ccc(C(F)(F)Oc3cc(F)c(C#N)c(F)c3)c(F)c2)CC1. The van der Waals surface area contributed by atoms with Gasteiger partial charge >= 0.3 is 6.11 Å². The van der Waals surface area contributed by atoms with Gasteiger partial charge in [0.05, 0.1) is 5.56 Å². The van der Waals surface area contributed by atoms with Crippen LogP contribution >= 0.6 is 0 Å². The van der Waals surface area contributed by atoms with Crippen LogP contribution in [0.25, 0.3) is 0 Å². The van der Waals surface area contributed by atoms with E-state index < -0.39 is 40.4 Å². The van der Waals surface area contributed by atoms with Crippen molar-refractivity contribution in [3.63, 3.8) is 0 Å². The first-order chi connectivity index (χ1) is 15.2. The smallest absolute Gasteiger partial charge is 0.429 e. The van der Waals surface area contributed by atoms with Gasteiger partial charge in [-0.1, -0.05) is 18.2 Å². The monoisotopic (exact) mass is 449 g/mol. The number of halogens is 5. The molecule has 0 saturated heterocycles. The Hall–Kier alpha value is -2.88. The second-order valence-electron chi connectivity index (χ2n) is 8.10. The Kier molecular flexibility index (Phi) is 7.55. The number of allylic oxidation sites excluding steroid dienone is 2. The molecule has 2 nitrogen and oxygen atoms in total. The Labute approximate surface area is 184 Å². The van der Waals surface area contributed by atoms with Crippen LogP contribution in [0.2, 0.25) is 0 Å². The summed E-state index contributed by atoms with van der Waals surface area (Å²) in [6, 6.07) is 5.74. The van der Waals surface area contributed by atoms with Gasteiger partial charge in [-0.15, -0.1) is 0 Å². The van der Waals surface area contributed by atoms with Crippen molar-refractivity contribution in [1.82, 2.24) is 0 Å². The van der Waals surface area contributed by atoms with Crippen LogP contribution in [-0.2, 0) is 6.11 Å². The molecule has 2 aromatic carbocycles. The summed E-state index contributed by atoms with van der Waals surface area (Å²) >= 11 is 0. The quantitative estimate of drug-likeness (QED) is 0.320. The Balaban J connectivity index is 1.70. The van der Waals surface area contributed by atoms with E-state index in [-0.39, 0.29) is 5.92 Å².